The third-order valence-electron chi connectivity index (χ3n) is 2.67. The minimum Gasteiger partial charge on any atom is -0.334 e. The molecular formula is C13H18ClNOS. The van der Waals surface area contributed by atoms with Gasteiger partial charge in [0.15, 0.2) is 0 Å². The Hall–Kier alpha value is -0.800. The van der Waals surface area contributed by atoms with Crippen LogP contribution in [0.2, 0.25) is 4.34 Å². The molecule has 17 heavy (non-hydrogen) atoms. The van der Waals surface area contributed by atoms with Crippen LogP contribution >= 0.6 is 22.9 Å². The summed E-state index contributed by atoms with van der Waals surface area (Å²) in [7, 11) is 0. The molecule has 0 saturated heterocycles. The zero-order valence-corrected chi connectivity index (χ0v) is 11.9. The second kappa shape index (κ2) is 6.82. The van der Waals surface area contributed by atoms with E-state index in [0.717, 1.165) is 15.6 Å². The number of nitrogens with zero attached hydrogens (tertiary/aromatic N) is 1. The third-order valence-corrected chi connectivity index (χ3v) is 3.89. The lowest BCUT2D eigenvalue weighted by molar-refractivity contribution is -0.135. The largest absolute Gasteiger partial charge is 0.334 e. The quantitative estimate of drug-likeness (QED) is 0.717. The summed E-state index contributed by atoms with van der Waals surface area (Å²) in [6.07, 6.45) is 2.62. The highest BCUT2D eigenvalue weighted by Gasteiger charge is 2.18. The van der Waals surface area contributed by atoms with Crippen molar-refractivity contribution in [3.63, 3.8) is 0 Å². The molecule has 1 aromatic heterocycles. The van der Waals surface area contributed by atoms with Crippen LogP contribution in [0.15, 0.2) is 24.8 Å². The molecule has 2 nitrogen and oxygen atoms in total. The Kier molecular flexibility index (Phi) is 5.72. The van der Waals surface area contributed by atoms with E-state index in [1.165, 1.54) is 11.3 Å². The Morgan fingerprint density at radius 3 is 2.82 bits per heavy atom. The lowest BCUT2D eigenvalue weighted by atomic mass is 10.1. The van der Waals surface area contributed by atoms with Gasteiger partial charge >= 0.3 is 0 Å². The van der Waals surface area contributed by atoms with Crippen LogP contribution in [0.4, 0.5) is 0 Å². The van der Waals surface area contributed by atoms with Crippen LogP contribution in [0.5, 0.6) is 0 Å². The van der Waals surface area contributed by atoms with Crippen molar-refractivity contribution in [2.24, 2.45) is 5.92 Å². The van der Waals surface area contributed by atoms with Gasteiger partial charge in [0.2, 0.25) is 5.91 Å². The number of carbonyl (C=O) groups is 1. The molecule has 1 unspecified atom stereocenters. The van der Waals surface area contributed by atoms with Gasteiger partial charge in [0.05, 0.1) is 10.9 Å². The van der Waals surface area contributed by atoms with Crippen molar-refractivity contribution in [3.05, 3.63) is 34.0 Å². The van der Waals surface area contributed by atoms with Gasteiger partial charge in [-0.1, -0.05) is 31.5 Å². The van der Waals surface area contributed by atoms with Crippen molar-refractivity contribution < 1.29 is 4.79 Å². The topological polar surface area (TPSA) is 20.3 Å². The second-order valence-corrected chi connectivity index (χ2v) is 5.82. The lowest BCUT2D eigenvalue weighted by Crippen LogP contribution is -2.34. The molecule has 0 bridgehead atoms. The first-order chi connectivity index (χ1) is 8.08. The summed E-state index contributed by atoms with van der Waals surface area (Å²) in [5, 5.41) is 0. The first-order valence-electron chi connectivity index (χ1n) is 5.72. The molecule has 1 rings (SSSR count). The van der Waals surface area contributed by atoms with Gasteiger partial charge in [-0.3, -0.25) is 4.79 Å². The van der Waals surface area contributed by atoms with E-state index in [1.807, 2.05) is 30.9 Å². The molecule has 0 radical (unpaired) electrons. The molecule has 4 heteroatoms. The Morgan fingerprint density at radius 1 is 1.65 bits per heavy atom. The molecule has 1 amide bonds. The first kappa shape index (κ1) is 14.3. The van der Waals surface area contributed by atoms with Crippen LogP contribution < -0.4 is 0 Å². The van der Waals surface area contributed by atoms with Crippen molar-refractivity contribution >= 4 is 28.8 Å². The second-order valence-electron chi connectivity index (χ2n) is 4.02. The molecule has 0 spiro atoms. The van der Waals surface area contributed by atoms with E-state index in [9.17, 15) is 4.79 Å². The SMILES string of the molecule is C=CCN(Cc1ccc(Cl)s1)C(=O)C(C)CC. The van der Waals surface area contributed by atoms with Gasteiger partial charge < -0.3 is 4.90 Å². The van der Waals surface area contributed by atoms with Crippen LogP contribution in [0, 0.1) is 5.92 Å². The predicted octanol–water partition coefficient (Wildman–Crippen LogP) is 3.96. The van der Waals surface area contributed by atoms with Crippen LogP contribution in [0.3, 0.4) is 0 Å². The molecule has 0 fully saturated rings. The van der Waals surface area contributed by atoms with Gasteiger partial charge in [-0.25, -0.2) is 0 Å². The highest BCUT2D eigenvalue weighted by atomic mass is 35.5. The Balaban J connectivity index is 2.72. The number of hydrogen-bond acceptors (Lipinski definition) is 2. The maximum Gasteiger partial charge on any atom is 0.225 e. The van der Waals surface area contributed by atoms with E-state index in [-0.39, 0.29) is 11.8 Å². The molecule has 0 aliphatic heterocycles. The van der Waals surface area contributed by atoms with Gasteiger partial charge in [0, 0.05) is 17.3 Å². The van der Waals surface area contributed by atoms with E-state index in [0.29, 0.717) is 13.1 Å². The Labute approximate surface area is 112 Å². The number of amides is 1. The predicted molar refractivity (Wildman–Crippen MR) is 74.4 cm³/mol. The molecule has 94 valence electrons. The number of hydrogen-bond donors (Lipinski definition) is 0. The van der Waals surface area contributed by atoms with Gasteiger partial charge in [-0.15, -0.1) is 17.9 Å². The van der Waals surface area contributed by atoms with E-state index >= 15 is 0 Å². The van der Waals surface area contributed by atoms with Crippen molar-refractivity contribution in [1.82, 2.24) is 4.90 Å². The molecule has 0 N–H and O–H groups in total. The van der Waals surface area contributed by atoms with Gasteiger partial charge in [0.1, 0.15) is 0 Å². The number of rotatable bonds is 6. The van der Waals surface area contributed by atoms with Crippen molar-refractivity contribution in [1.29, 1.82) is 0 Å². The van der Waals surface area contributed by atoms with E-state index in [4.69, 9.17) is 11.6 Å². The smallest absolute Gasteiger partial charge is 0.225 e. The standard InChI is InChI=1S/C13H18ClNOS/c1-4-8-15(13(16)10(3)5-2)9-11-6-7-12(14)17-11/h4,6-7,10H,1,5,8-9H2,2-3H3. The minimum atomic E-state index is 0.0605. The zero-order valence-electron chi connectivity index (χ0n) is 10.3. The normalized spacial score (nSPS) is 12.2. The summed E-state index contributed by atoms with van der Waals surface area (Å²) in [6.45, 7) is 8.88. The molecule has 0 aromatic carbocycles. The molecule has 0 aliphatic carbocycles. The molecule has 0 saturated carbocycles. The fraction of sp³-hybridized carbons (Fsp3) is 0.462. The molecule has 0 aliphatic rings. The van der Waals surface area contributed by atoms with Gasteiger partial charge in [-0.2, -0.15) is 0 Å². The van der Waals surface area contributed by atoms with Crippen LogP contribution in [-0.2, 0) is 11.3 Å². The van der Waals surface area contributed by atoms with Crippen LogP contribution in [-0.4, -0.2) is 17.4 Å². The highest BCUT2D eigenvalue weighted by Crippen LogP contribution is 2.23. The summed E-state index contributed by atoms with van der Waals surface area (Å²) in [5.74, 6) is 0.238. The monoisotopic (exact) mass is 271 g/mol. The van der Waals surface area contributed by atoms with Crippen molar-refractivity contribution in [2.75, 3.05) is 6.54 Å². The van der Waals surface area contributed by atoms with Crippen molar-refractivity contribution in [3.8, 4) is 0 Å². The fourth-order valence-electron chi connectivity index (χ4n) is 1.50. The summed E-state index contributed by atoms with van der Waals surface area (Å²) < 4.78 is 0.759. The van der Waals surface area contributed by atoms with Crippen LogP contribution in [0.25, 0.3) is 0 Å². The van der Waals surface area contributed by atoms with Gasteiger partial charge in [0.25, 0.3) is 0 Å². The zero-order chi connectivity index (χ0) is 12.8. The molecule has 1 atom stereocenters. The number of carbonyl (C=O) groups excluding carboxylic acids is 1. The Morgan fingerprint density at radius 2 is 2.35 bits per heavy atom. The Bertz CT molecular complexity index is 389. The molecular weight excluding hydrogens is 254 g/mol. The number of thiophene rings is 1. The molecule has 1 aromatic rings. The van der Waals surface area contributed by atoms with E-state index in [1.54, 1.807) is 6.08 Å². The van der Waals surface area contributed by atoms with E-state index < -0.39 is 0 Å². The summed E-state index contributed by atoms with van der Waals surface area (Å²) in [6, 6.07) is 3.83. The average molecular weight is 272 g/mol. The first-order valence-corrected chi connectivity index (χ1v) is 6.91. The van der Waals surface area contributed by atoms with Crippen molar-refractivity contribution in [2.45, 2.75) is 26.8 Å². The third kappa shape index (κ3) is 4.17. The van der Waals surface area contributed by atoms with Crippen LogP contribution in [0.1, 0.15) is 25.1 Å². The van der Waals surface area contributed by atoms with E-state index in [2.05, 4.69) is 6.58 Å². The minimum absolute atomic E-state index is 0.0605. The average Bonchev–Trinajstić information content (AvgIpc) is 2.72. The van der Waals surface area contributed by atoms with Gasteiger partial charge in [-0.05, 0) is 18.6 Å². The summed E-state index contributed by atoms with van der Waals surface area (Å²) >= 11 is 7.40. The maximum atomic E-state index is 12.1. The summed E-state index contributed by atoms with van der Waals surface area (Å²) in [5.41, 5.74) is 0. The lowest BCUT2D eigenvalue weighted by Gasteiger charge is -2.23. The summed E-state index contributed by atoms with van der Waals surface area (Å²) in [4.78, 5) is 15.1. The number of halogens is 1. The fourth-order valence-corrected chi connectivity index (χ4v) is 2.60. The highest BCUT2D eigenvalue weighted by molar-refractivity contribution is 7.16. The molecule has 1 heterocycles. The maximum absolute atomic E-state index is 12.1.